The number of hydrogen-bond donors (Lipinski definition) is 2. The highest BCUT2D eigenvalue weighted by Crippen LogP contribution is 2.17. The van der Waals surface area contributed by atoms with Gasteiger partial charge in [0.1, 0.15) is 5.75 Å². The molecule has 0 aromatic heterocycles. The Morgan fingerprint density at radius 2 is 2.22 bits per heavy atom. The van der Waals surface area contributed by atoms with Crippen molar-refractivity contribution >= 4 is 11.9 Å². The molecule has 1 aromatic rings. The van der Waals surface area contributed by atoms with Crippen LogP contribution in [0.1, 0.15) is 37.7 Å². The number of aliphatic carboxylic acids is 1. The summed E-state index contributed by atoms with van der Waals surface area (Å²) in [6, 6.07) is 7.05. The standard InChI is InChI=1S/C17H23NO5/c19-16(8-7-14-5-1-2-9-22-14)18-11-13-4-3-6-15(10-13)23-12-17(20)21/h3-4,6,10,14H,1-2,5,7-9,11-12H2,(H,18,19)(H,20,21). The van der Waals surface area contributed by atoms with Gasteiger partial charge in [0, 0.05) is 19.6 Å². The Balaban J connectivity index is 1.70. The molecule has 6 heteroatoms. The fraction of sp³-hybridized carbons (Fsp3) is 0.529. The van der Waals surface area contributed by atoms with E-state index in [1.54, 1.807) is 18.2 Å². The van der Waals surface area contributed by atoms with Crippen molar-refractivity contribution in [3.63, 3.8) is 0 Å². The molecule has 1 unspecified atom stereocenters. The van der Waals surface area contributed by atoms with Crippen LogP contribution >= 0.6 is 0 Å². The number of amides is 1. The Hall–Kier alpha value is -2.08. The van der Waals surface area contributed by atoms with E-state index < -0.39 is 5.97 Å². The fourth-order valence-electron chi connectivity index (χ4n) is 2.51. The first-order valence-electron chi connectivity index (χ1n) is 7.95. The van der Waals surface area contributed by atoms with E-state index in [0.717, 1.165) is 31.4 Å². The van der Waals surface area contributed by atoms with Gasteiger partial charge in [-0.15, -0.1) is 0 Å². The summed E-state index contributed by atoms with van der Waals surface area (Å²) in [6.07, 6.45) is 4.75. The van der Waals surface area contributed by atoms with Crippen LogP contribution in [0.25, 0.3) is 0 Å². The Labute approximate surface area is 135 Å². The first-order chi connectivity index (χ1) is 11.1. The number of nitrogens with one attached hydrogen (secondary N) is 1. The number of rotatable bonds is 8. The van der Waals surface area contributed by atoms with Crippen LogP contribution in [-0.2, 0) is 20.9 Å². The molecule has 23 heavy (non-hydrogen) atoms. The summed E-state index contributed by atoms with van der Waals surface area (Å²) < 4.78 is 10.7. The Kier molecular flexibility index (Phi) is 6.87. The van der Waals surface area contributed by atoms with Crippen molar-refractivity contribution in [1.82, 2.24) is 5.32 Å². The molecule has 6 nitrogen and oxygen atoms in total. The summed E-state index contributed by atoms with van der Waals surface area (Å²) in [7, 11) is 0. The molecule has 1 fully saturated rings. The SMILES string of the molecule is O=C(O)COc1cccc(CNC(=O)CCC2CCCCO2)c1. The molecule has 126 valence electrons. The molecule has 1 aliphatic heterocycles. The average molecular weight is 321 g/mol. The lowest BCUT2D eigenvalue weighted by Gasteiger charge is -2.22. The van der Waals surface area contributed by atoms with Gasteiger partial charge in [0.25, 0.3) is 0 Å². The van der Waals surface area contributed by atoms with Crippen LogP contribution < -0.4 is 10.1 Å². The minimum absolute atomic E-state index is 0.00368. The van der Waals surface area contributed by atoms with Crippen molar-refractivity contribution < 1.29 is 24.2 Å². The number of carboxylic acids is 1. The largest absolute Gasteiger partial charge is 0.482 e. The molecular formula is C17H23NO5. The van der Waals surface area contributed by atoms with Gasteiger partial charge in [-0.05, 0) is 43.4 Å². The number of carbonyl (C=O) groups is 2. The van der Waals surface area contributed by atoms with E-state index in [4.69, 9.17) is 14.6 Å². The highest BCUT2D eigenvalue weighted by molar-refractivity contribution is 5.75. The zero-order valence-electron chi connectivity index (χ0n) is 13.1. The van der Waals surface area contributed by atoms with Crippen LogP contribution in [0.3, 0.4) is 0 Å². The van der Waals surface area contributed by atoms with E-state index in [1.807, 2.05) is 6.07 Å². The topological polar surface area (TPSA) is 84.9 Å². The minimum atomic E-state index is -1.02. The van der Waals surface area contributed by atoms with E-state index in [9.17, 15) is 9.59 Å². The molecule has 1 aliphatic rings. The van der Waals surface area contributed by atoms with Gasteiger partial charge in [-0.2, -0.15) is 0 Å². The lowest BCUT2D eigenvalue weighted by Crippen LogP contribution is -2.26. The predicted octanol–water partition coefficient (Wildman–Crippen LogP) is 2.12. The number of carbonyl (C=O) groups excluding carboxylic acids is 1. The van der Waals surface area contributed by atoms with Gasteiger partial charge in [-0.3, -0.25) is 4.79 Å². The quantitative estimate of drug-likeness (QED) is 0.766. The van der Waals surface area contributed by atoms with Gasteiger partial charge in [-0.25, -0.2) is 4.79 Å². The molecule has 0 spiro atoms. The molecule has 0 aliphatic carbocycles. The van der Waals surface area contributed by atoms with E-state index in [1.165, 1.54) is 6.42 Å². The van der Waals surface area contributed by atoms with Gasteiger partial charge in [0.2, 0.25) is 5.91 Å². The summed E-state index contributed by atoms with van der Waals surface area (Å²) >= 11 is 0. The Bertz CT molecular complexity index is 525. The van der Waals surface area contributed by atoms with Crippen molar-refractivity contribution in [2.45, 2.75) is 44.8 Å². The normalized spacial score (nSPS) is 17.5. The molecule has 0 saturated carbocycles. The second kappa shape index (κ2) is 9.15. The zero-order chi connectivity index (χ0) is 16.5. The van der Waals surface area contributed by atoms with E-state index in [2.05, 4.69) is 5.32 Å². The maximum absolute atomic E-state index is 11.9. The van der Waals surface area contributed by atoms with E-state index in [-0.39, 0.29) is 18.6 Å². The summed E-state index contributed by atoms with van der Waals surface area (Å²) in [5.41, 5.74) is 0.871. The maximum atomic E-state index is 11.9. The molecular weight excluding hydrogens is 298 g/mol. The molecule has 2 N–H and O–H groups in total. The molecule has 0 bridgehead atoms. The third-order valence-corrected chi connectivity index (χ3v) is 3.72. The van der Waals surface area contributed by atoms with Crippen LogP contribution in [0.15, 0.2) is 24.3 Å². The molecule has 1 amide bonds. The third-order valence-electron chi connectivity index (χ3n) is 3.72. The zero-order valence-corrected chi connectivity index (χ0v) is 13.1. The summed E-state index contributed by atoms with van der Waals surface area (Å²) in [6.45, 7) is 0.821. The maximum Gasteiger partial charge on any atom is 0.341 e. The summed E-state index contributed by atoms with van der Waals surface area (Å²) in [5.74, 6) is -0.542. The van der Waals surface area contributed by atoms with Crippen molar-refractivity contribution in [2.75, 3.05) is 13.2 Å². The molecule has 2 rings (SSSR count). The molecule has 1 atom stereocenters. The molecule has 0 radical (unpaired) electrons. The second-order valence-corrected chi connectivity index (χ2v) is 5.63. The lowest BCUT2D eigenvalue weighted by molar-refractivity contribution is -0.139. The number of benzene rings is 1. The monoisotopic (exact) mass is 321 g/mol. The summed E-state index contributed by atoms with van der Waals surface area (Å²) in [4.78, 5) is 22.4. The number of carboxylic acid groups (broad SMARTS) is 1. The smallest absolute Gasteiger partial charge is 0.341 e. The third kappa shape index (κ3) is 6.69. The molecule has 1 heterocycles. The number of hydrogen-bond acceptors (Lipinski definition) is 4. The van der Waals surface area contributed by atoms with Gasteiger partial charge in [-0.1, -0.05) is 12.1 Å². The second-order valence-electron chi connectivity index (χ2n) is 5.63. The highest BCUT2D eigenvalue weighted by Gasteiger charge is 2.15. The predicted molar refractivity (Wildman–Crippen MR) is 84.2 cm³/mol. The lowest BCUT2D eigenvalue weighted by atomic mass is 10.0. The van der Waals surface area contributed by atoms with Crippen molar-refractivity contribution in [2.24, 2.45) is 0 Å². The van der Waals surface area contributed by atoms with Crippen molar-refractivity contribution in [3.05, 3.63) is 29.8 Å². The van der Waals surface area contributed by atoms with Gasteiger partial charge >= 0.3 is 5.97 Å². The highest BCUT2D eigenvalue weighted by atomic mass is 16.5. The minimum Gasteiger partial charge on any atom is -0.482 e. The van der Waals surface area contributed by atoms with E-state index in [0.29, 0.717) is 18.7 Å². The Morgan fingerprint density at radius 1 is 1.35 bits per heavy atom. The van der Waals surface area contributed by atoms with Gasteiger partial charge in [0.05, 0.1) is 6.10 Å². The van der Waals surface area contributed by atoms with Crippen LogP contribution in [0.4, 0.5) is 0 Å². The first-order valence-corrected chi connectivity index (χ1v) is 7.95. The van der Waals surface area contributed by atoms with Crippen LogP contribution in [0.5, 0.6) is 5.75 Å². The van der Waals surface area contributed by atoms with Crippen LogP contribution in [0, 0.1) is 0 Å². The van der Waals surface area contributed by atoms with Gasteiger partial charge < -0.3 is 19.9 Å². The van der Waals surface area contributed by atoms with E-state index >= 15 is 0 Å². The van der Waals surface area contributed by atoms with Crippen molar-refractivity contribution in [1.29, 1.82) is 0 Å². The van der Waals surface area contributed by atoms with Crippen LogP contribution in [0.2, 0.25) is 0 Å². The van der Waals surface area contributed by atoms with Gasteiger partial charge in [0.15, 0.2) is 6.61 Å². The van der Waals surface area contributed by atoms with Crippen LogP contribution in [-0.4, -0.2) is 36.3 Å². The molecule has 1 aromatic carbocycles. The Morgan fingerprint density at radius 3 is 2.96 bits per heavy atom. The fourth-order valence-corrected chi connectivity index (χ4v) is 2.51. The summed E-state index contributed by atoms with van der Waals surface area (Å²) in [5, 5.41) is 11.5. The average Bonchev–Trinajstić information content (AvgIpc) is 2.57. The molecule has 1 saturated heterocycles. The number of ether oxygens (including phenoxy) is 2. The van der Waals surface area contributed by atoms with Crippen molar-refractivity contribution in [3.8, 4) is 5.75 Å². The first kappa shape index (κ1) is 17.3.